The molecule has 0 radical (unpaired) electrons. The van der Waals surface area contributed by atoms with Gasteiger partial charge < -0.3 is 11.5 Å². The monoisotopic (exact) mass is 136 g/mol. The Bertz CT molecular complexity index is 137. The molecule has 0 aliphatic rings. The molecule has 0 aliphatic carbocycles. The molecule has 0 atom stereocenters. The smallest absolute Gasteiger partial charge is 0.316 e. The first kappa shape index (κ1) is 7.09. The van der Waals surface area contributed by atoms with Crippen LogP contribution in [0.15, 0.2) is 0 Å². The van der Waals surface area contributed by atoms with Gasteiger partial charge in [0.05, 0.1) is 0 Å². The maximum Gasteiger partial charge on any atom is 0.316 e. The number of nitrogens with two attached hydrogens (primary N) is 2. The van der Waals surface area contributed by atoms with Gasteiger partial charge >= 0.3 is 10.5 Å². The van der Waals surface area contributed by atoms with Crippen LogP contribution in [-0.4, -0.2) is 14.7 Å². The van der Waals surface area contributed by atoms with Crippen LogP contribution in [0.2, 0.25) is 0 Å². The lowest BCUT2D eigenvalue weighted by molar-refractivity contribution is 0.262. The summed E-state index contributed by atoms with van der Waals surface area (Å²) in [6.45, 7) is 0. The predicted octanol–water partition coefficient (Wildman–Crippen LogP) is -1.11. The van der Waals surface area contributed by atoms with E-state index in [1.807, 2.05) is 0 Å². The van der Waals surface area contributed by atoms with Gasteiger partial charge in [-0.3, -0.25) is 9.59 Å². The Morgan fingerprint density at radius 1 is 1.12 bits per heavy atom. The highest BCUT2D eigenvalue weighted by Gasteiger charge is 2.11. The van der Waals surface area contributed by atoms with Crippen LogP contribution in [0.4, 0.5) is 9.59 Å². The standard InChI is InChI=1S/C2H4N2O3S/c3-1(5)8(7)2(4)6/h(H2,3,5)(H2,4,6). The van der Waals surface area contributed by atoms with Crippen LogP contribution in [0.3, 0.4) is 0 Å². The van der Waals surface area contributed by atoms with Crippen LogP contribution in [0, 0.1) is 0 Å². The summed E-state index contributed by atoms with van der Waals surface area (Å²) >= 11 is 0. The molecule has 2 amide bonds. The van der Waals surface area contributed by atoms with E-state index in [-0.39, 0.29) is 0 Å². The molecule has 0 aliphatic heterocycles. The minimum atomic E-state index is -2.35. The lowest BCUT2D eigenvalue weighted by atomic mass is 11.4. The highest BCUT2D eigenvalue weighted by Crippen LogP contribution is 1.77. The number of carbonyl (C=O) groups excluding carboxylic acids is 2. The van der Waals surface area contributed by atoms with E-state index < -0.39 is 21.3 Å². The van der Waals surface area contributed by atoms with Crippen LogP contribution in [-0.2, 0) is 10.8 Å². The van der Waals surface area contributed by atoms with Gasteiger partial charge in [-0.05, 0) is 0 Å². The quantitative estimate of drug-likeness (QED) is 0.441. The molecule has 0 fully saturated rings. The van der Waals surface area contributed by atoms with Crippen molar-refractivity contribution in [1.29, 1.82) is 0 Å². The van der Waals surface area contributed by atoms with Gasteiger partial charge in [0.25, 0.3) is 0 Å². The fourth-order valence-electron chi connectivity index (χ4n) is 0.0991. The third kappa shape index (κ3) is 1.69. The van der Waals surface area contributed by atoms with E-state index in [9.17, 15) is 13.8 Å². The van der Waals surface area contributed by atoms with Crippen LogP contribution in [0.5, 0.6) is 0 Å². The van der Waals surface area contributed by atoms with E-state index in [2.05, 4.69) is 11.5 Å². The van der Waals surface area contributed by atoms with Gasteiger partial charge in [0.2, 0.25) is 10.8 Å². The number of amides is 2. The summed E-state index contributed by atoms with van der Waals surface area (Å²) in [5.74, 6) is 0. The average molecular weight is 136 g/mol. The molecule has 0 rings (SSSR count). The summed E-state index contributed by atoms with van der Waals surface area (Å²) in [5, 5.41) is -2.42. The maximum absolute atomic E-state index is 10.0. The molecule has 0 bridgehead atoms. The molecule has 4 N–H and O–H groups in total. The van der Waals surface area contributed by atoms with Crippen molar-refractivity contribution < 1.29 is 13.8 Å². The van der Waals surface area contributed by atoms with Crippen LogP contribution in [0.25, 0.3) is 0 Å². The Morgan fingerprint density at radius 3 is 1.38 bits per heavy atom. The second-order valence-corrected chi connectivity index (χ2v) is 2.25. The summed E-state index contributed by atoms with van der Waals surface area (Å²) in [7, 11) is -2.35. The number of primary amides is 2. The zero-order chi connectivity index (χ0) is 6.73. The molecule has 46 valence electrons. The molecule has 0 heterocycles. The topological polar surface area (TPSA) is 103 Å². The summed E-state index contributed by atoms with van der Waals surface area (Å²) in [6, 6.07) is 0. The van der Waals surface area contributed by atoms with E-state index in [4.69, 9.17) is 0 Å². The molecule has 0 saturated heterocycles. The van der Waals surface area contributed by atoms with Crippen LogP contribution < -0.4 is 11.5 Å². The van der Waals surface area contributed by atoms with Crippen molar-refractivity contribution in [2.75, 3.05) is 0 Å². The van der Waals surface area contributed by atoms with Crippen molar-refractivity contribution in [3.63, 3.8) is 0 Å². The second kappa shape index (κ2) is 2.41. The first-order valence-electron chi connectivity index (χ1n) is 1.56. The first-order valence-corrected chi connectivity index (χ1v) is 2.71. The molecular weight excluding hydrogens is 132 g/mol. The van der Waals surface area contributed by atoms with E-state index in [1.54, 1.807) is 0 Å². The summed E-state index contributed by atoms with van der Waals surface area (Å²) in [5.41, 5.74) is 8.79. The highest BCUT2D eigenvalue weighted by atomic mass is 32.2. The Labute approximate surface area is 47.5 Å². The molecule has 8 heavy (non-hydrogen) atoms. The van der Waals surface area contributed by atoms with Gasteiger partial charge in [-0.2, -0.15) is 0 Å². The molecule has 0 unspecified atom stereocenters. The van der Waals surface area contributed by atoms with Crippen LogP contribution in [0.1, 0.15) is 0 Å². The van der Waals surface area contributed by atoms with Crippen molar-refractivity contribution in [3.8, 4) is 0 Å². The normalized spacial score (nSPS) is 9.12. The lowest BCUT2D eigenvalue weighted by Gasteiger charge is -1.84. The minimum absolute atomic E-state index is 1.21. The molecule has 0 saturated carbocycles. The zero-order valence-corrected chi connectivity index (χ0v) is 4.60. The molecule has 6 heteroatoms. The largest absolute Gasteiger partial charge is 0.358 e. The van der Waals surface area contributed by atoms with Gasteiger partial charge in [-0.15, -0.1) is 0 Å². The number of hydrogen-bond donors (Lipinski definition) is 2. The number of carbonyl (C=O) groups is 2. The van der Waals surface area contributed by atoms with E-state index in [1.165, 1.54) is 0 Å². The minimum Gasteiger partial charge on any atom is -0.358 e. The summed E-state index contributed by atoms with van der Waals surface area (Å²) in [4.78, 5) is 19.5. The zero-order valence-electron chi connectivity index (χ0n) is 3.79. The second-order valence-electron chi connectivity index (χ2n) is 0.907. The summed E-state index contributed by atoms with van der Waals surface area (Å²) < 4.78 is 10.0. The molecule has 5 nitrogen and oxygen atoms in total. The van der Waals surface area contributed by atoms with Crippen molar-refractivity contribution in [1.82, 2.24) is 0 Å². The fraction of sp³-hybridized carbons (Fsp3) is 0. The Kier molecular flexibility index (Phi) is 2.14. The lowest BCUT2D eigenvalue weighted by Crippen LogP contribution is -2.26. The summed E-state index contributed by atoms with van der Waals surface area (Å²) in [6.07, 6.45) is 0. The van der Waals surface area contributed by atoms with Gasteiger partial charge in [-0.25, -0.2) is 4.21 Å². The number of rotatable bonds is 0. The molecule has 0 aromatic heterocycles. The van der Waals surface area contributed by atoms with Gasteiger partial charge in [0, 0.05) is 0 Å². The van der Waals surface area contributed by atoms with Crippen molar-refractivity contribution in [3.05, 3.63) is 0 Å². The Balaban J connectivity index is 4.05. The van der Waals surface area contributed by atoms with Crippen molar-refractivity contribution in [2.24, 2.45) is 11.5 Å². The van der Waals surface area contributed by atoms with E-state index >= 15 is 0 Å². The van der Waals surface area contributed by atoms with Crippen molar-refractivity contribution >= 4 is 21.3 Å². The maximum atomic E-state index is 10.0. The van der Waals surface area contributed by atoms with E-state index in [0.29, 0.717) is 0 Å². The van der Waals surface area contributed by atoms with Crippen molar-refractivity contribution in [2.45, 2.75) is 0 Å². The molecule has 0 spiro atoms. The van der Waals surface area contributed by atoms with Gasteiger partial charge in [-0.1, -0.05) is 0 Å². The average Bonchev–Trinajstić information content (AvgIpc) is 1.64. The van der Waals surface area contributed by atoms with Gasteiger partial charge in [0.1, 0.15) is 0 Å². The fourth-order valence-corrected chi connectivity index (χ4v) is 0.297. The molecule has 0 aromatic carbocycles. The Hall–Kier alpha value is -0.910. The van der Waals surface area contributed by atoms with Gasteiger partial charge in [0.15, 0.2) is 0 Å². The molecule has 0 aromatic rings. The highest BCUT2D eigenvalue weighted by molar-refractivity contribution is 8.13. The predicted molar refractivity (Wildman–Crippen MR) is 27.3 cm³/mol. The Morgan fingerprint density at radius 2 is 1.38 bits per heavy atom. The van der Waals surface area contributed by atoms with E-state index in [0.717, 1.165) is 0 Å². The third-order valence-corrected chi connectivity index (χ3v) is 1.10. The molecular formula is C2H4N2O3S. The first-order chi connectivity index (χ1) is 3.55. The third-order valence-electron chi connectivity index (χ3n) is 0.365. The number of hydrogen-bond acceptors (Lipinski definition) is 3. The SMILES string of the molecule is NC(=O)S(=O)C(N)=O. The van der Waals surface area contributed by atoms with Crippen LogP contribution >= 0.6 is 0 Å².